The number of halogens is 4. The number of aliphatic carboxylic acids is 2. The van der Waals surface area contributed by atoms with Gasteiger partial charge in [-0.15, -0.1) is 0 Å². The maximum absolute atomic E-state index is 11.6. The van der Waals surface area contributed by atoms with Gasteiger partial charge in [-0.3, -0.25) is 15.0 Å². The van der Waals surface area contributed by atoms with Crippen LogP contribution in [-0.2, 0) is 22.4 Å². The molecular formula is C32H32Br4N4O4. The first kappa shape index (κ1) is 34.3. The van der Waals surface area contributed by atoms with Crippen LogP contribution >= 0.6 is 63.7 Å². The molecule has 0 saturated carbocycles. The Hall–Kier alpha value is -2.54. The van der Waals surface area contributed by atoms with Crippen LogP contribution in [0.1, 0.15) is 71.5 Å². The van der Waals surface area contributed by atoms with Gasteiger partial charge in [0.05, 0.1) is 52.2 Å². The largest absolute Gasteiger partial charge is 0.481 e. The standard InChI is InChI=1S/C32H32Br4N4O4/c1-12-11-20(33)27-13(2)14(3)28(38-27)24(35)29-15(4)16(5)30(39-29)25(36)31-17(6)19(8-10-22(43)44)32(40-31)23(34)26(37)18(12)7-9-21(41)42/h11,37-38,40H,7-10H2,1-6H3,(H,41,42)(H,43,44). The van der Waals surface area contributed by atoms with Gasteiger partial charge in [-0.2, -0.15) is 0 Å². The highest BCUT2D eigenvalue weighted by Gasteiger charge is 2.22. The Morgan fingerprint density at radius 1 is 0.705 bits per heavy atom. The molecular weight excluding hydrogens is 824 g/mol. The summed E-state index contributed by atoms with van der Waals surface area (Å²) in [6.07, 6.45) is 0.112. The molecule has 1 aliphatic heterocycles. The van der Waals surface area contributed by atoms with E-state index in [2.05, 4.69) is 73.7 Å². The molecule has 0 amide bonds. The summed E-state index contributed by atoms with van der Waals surface area (Å²) in [7, 11) is 0. The Morgan fingerprint density at radius 2 is 1.16 bits per heavy atom. The lowest BCUT2D eigenvalue weighted by atomic mass is 10.0. The average molecular weight is 856 g/mol. The zero-order valence-electron chi connectivity index (χ0n) is 25.1. The van der Waals surface area contributed by atoms with Gasteiger partial charge in [0.25, 0.3) is 0 Å². The molecule has 0 radical (unpaired) electrons. The smallest absolute Gasteiger partial charge is 0.303 e. The summed E-state index contributed by atoms with van der Waals surface area (Å²) in [4.78, 5) is 35.3. The molecule has 3 aromatic heterocycles. The summed E-state index contributed by atoms with van der Waals surface area (Å²) >= 11 is 15.0. The monoisotopic (exact) mass is 852 g/mol. The second kappa shape index (κ2) is 13.4. The second-order valence-electron chi connectivity index (χ2n) is 10.9. The topological polar surface area (TPSA) is 143 Å². The third kappa shape index (κ3) is 6.41. The molecule has 0 unspecified atom stereocenters. The predicted molar refractivity (Wildman–Crippen MR) is 189 cm³/mol. The molecule has 1 aliphatic rings. The van der Waals surface area contributed by atoms with Crippen LogP contribution in [0.4, 0.5) is 0 Å². The molecule has 0 fully saturated rings. The van der Waals surface area contributed by atoms with Gasteiger partial charge in [-0.05, 0) is 169 Å². The Bertz CT molecular complexity index is 2010. The number of carboxylic acids is 2. The Labute approximate surface area is 288 Å². The number of aromatic nitrogens is 3. The maximum Gasteiger partial charge on any atom is 0.303 e. The van der Waals surface area contributed by atoms with Crippen molar-refractivity contribution in [1.82, 2.24) is 15.0 Å². The van der Waals surface area contributed by atoms with E-state index in [0.717, 1.165) is 75.8 Å². The number of hydrogen-bond donors (Lipinski definition) is 5. The zero-order valence-corrected chi connectivity index (χ0v) is 31.4. The Balaban J connectivity index is 2.35. The number of carbonyl (C=O) groups is 2. The van der Waals surface area contributed by atoms with Crippen LogP contribution in [0.3, 0.4) is 0 Å². The van der Waals surface area contributed by atoms with Crippen molar-refractivity contribution >= 4 is 109 Å². The van der Waals surface area contributed by atoms with E-state index in [9.17, 15) is 25.2 Å². The third-order valence-corrected chi connectivity index (χ3v) is 11.2. The van der Waals surface area contributed by atoms with Crippen LogP contribution in [0.25, 0.3) is 33.2 Å². The minimum absolute atomic E-state index is 0.0957. The van der Waals surface area contributed by atoms with E-state index in [0.29, 0.717) is 20.0 Å². The van der Waals surface area contributed by atoms with E-state index in [1.54, 1.807) is 0 Å². The van der Waals surface area contributed by atoms with Crippen LogP contribution in [0.5, 0.6) is 0 Å². The molecule has 6 bridgehead atoms. The lowest BCUT2D eigenvalue weighted by molar-refractivity contribution is -0.138. The van der Waals surface area contributed by atoms with Crippen LogP contribution < -0.4 is 5.36 Å². The molecule has 0 atom stereocenters. The molecule has 232 valence electrons. The van der Waals surface area contributed by atoms with Crippen LogP contribution in [-0.4, -0.2) is 37.1 Å². The van der Waals surface area contributed by atoms with E-state index in [4.69, 9.17) is 4.98 Å². The number of fused-ring (bicyclic) bond motifs is 6. The Morgan fingerprint density at radius 3 is 1.68 bits per heavy atom. The Kier molecular flexibility index (Phi) is 10.5. The van der Waals surface area contributed by atoms with Crippen molar-refractivity contribution in [3.63, 3.8) is 0 Å². The van der Waals surface area contributed by atoms with Crippen molar-refractivity contribution in [3.8, 4) is 0 Å². The first-order valence-corrected chi connectivity index (χ1v) is 17.0. The number of aromatic amines is 2. The fourth-order valence-corrected chi connectivity index (χ4v) is 8.27. The summed E-state index contributed by atoms with van der Waals surface area (Å²) in [5, 5.41) is 28.4. The third-order valence-electron chi connectivity index (χ3n) is 8.27. The highest BCUT2D eigenvalue weighted by atomic mass is 79.9. The van der Waals surface area contributed by atoms with Crippen molar-refractivity contribution in [2.24, 2.45) is 0 Å². The van der Waals surface area contributed by atoms with Crippen molar-refractivity contribution in [1.29, 1.82) is 5.41 Å². The molecule has 0 spiro atoms. The van der Waals surface area contributed by atoms with Gasteiger partial charge in [-0.25, -0.2) is 4.98 Å². The minimum Gasteiger partial charge on any atom is -0.481 e. The molecule has 4 heterocycles. The molecule has 12 heteroatoms. The molecule has 8 nitrogen and oxygen atoms in total. The zero-order chi connectivity index (χ0) is 32.8. The quantitative estimate of drug-likeness (QED) is 0.168. The van der Waals surface area contributed by atoms with Gasteiger partial charge >= 0.3 is 11.9 Å². The molecule has 0 aromatic carbocycles. The van der Waals surface area contributed by atoms with Crippen molar-refractivity contribution in [2.75, 3.05) is 0 Å². The van der Waals surface area contributed by atoms with Crippen molar-refractivity contribution in [3.05, 3.63) is 74.1 Å². The lowest BCUT2D eigenvalue weighted by Gasteiger charge is -2.05. The van der Waals surface area contributed by atoms with Crippen LogP contribution in [0.2, 0.25) is 0 Å². The van der Waals surface area contributed by atoms with Gasteiger partial charge in [-0.1, -0.05) is 0 Å². The summed E-state index contributed by atoms with van der Waals surface area (Å²) in [5.74, 6) is -1.89. The number of aryl methyl sites for hydroxylation is 5. The van der Waals surface area contributed by atoms with Gasteiger partial charge in [0.15, 0.2) is 0 Å². The van der Waals surface area contributed by atoms with E-state index in [-0.39, 0.29) is 31.0 Å². The van der Waals surface area contributed by atoms with Gasteiger partial charge in [0, 0.05) is 17.3 Å². The molecule has 0 saturated heterocycles. The number of rotatable bonds is 6. The second-order valence-corrected chi connectivity index (χ2v) is 14.2. The van der Waals surface area contributed by atoms with E-state index >= 15 is 0 Å². The lowest BCUT2D eigenvalue weighted by Crippen LogP contribution is -2.12. The SMILES string of the molecule is CC1=C(C)c2nc1c(Br)c1[nH]c(c(Br)cc(C)c(CCC(=O)O)c(=N)c(Br)c3[nH]c(c(C)c3CCC(=O)O)c2Br)c(C)c1C. The minimum atomic E-state index is -0.966. The van der Waals surface area contributed by atoms with Crippen LogP contribution in [0, 0.1) is 33.1 Å². The van der Waals surface area contributed by atoms with Gasteiger partial charge in [0.1, 0.15) is 0 Å². The van der Waals surface area contributed by atoms with E-state index < -0.39 is 11.9 Å². The molecule has 4 rings (SSSR count). The maximum atomic E-state index is 11.6. The summed E-state index contributed by atoms with van der Waals surface area (Å²) in [6, 6.07) is 1.90. The molecule has 3 aromatic rings. The van der Waals surface area contributed by atoms with E-state index in [1.165, 1.54) is 0 Å². The van der Waals surface area contributed by atoms with E-state index in [1.807, 2.05) is 47.6 Å². The highest BCUT2D eigenvalue weighted by molar-refractivity contribution is 9.11. The molecule has 5 N–H and O–H groups in total. The van der Waals surface area contributed by atoms with Gasteiger partial charge < -0.3 is 20.2 Å². The number of H-pyrrole nitrogens is 2. The molecule has 44 heavy (non-hydrogen) atoms. The fourth-order valence-electron chi connectivity index (χ4n) is 5.39. The first-order valence-electron chi connectivity index (χ1n) is 13.8. The number of carboxylic acid groups (broad SMARTS) is 2. The fraction of sp³-hybridized carbons (Fsp3) is 0.312. The number of nitrogens with one attached hydrogen (secondary N) is 3. The number of allylic oxidation sites excluding steroid dienone is 2. The van der Waals surface area contributed by atoms with Crippen LogP contribution in [0.15, 0.2) is 24.0 Å². The predicted octanol–water partition coefficient (Wildman–Crippen LogP) is 9.35. The van der Waals surface area contributed by atoms with Crippen molar-refractivity contribution < 1.29 is 19.8 Å². The summed E-state index contributed by atoms with van der Waals surface area (Å²) < 4.78 is 2.70. The first-order chi connectivity index (χ1) is 20.6. The summed E-state index contributed by atoms with van der Waals surface area (Å²) in [6.45, 7) is 11.9. The van der Waals surface area contributed by atoms with Crippen molar-refractivity contribution in [2.45, 2.75) is 67.2 Å². The van der Waals surface area contributed by atoms with Gasteiger partial charge in [0.2, 0.25) is 0 Å². The molecule has 0 aliphatic carbocycles. The number of nitrogens with zero attached hydrogens (tertiary/aromatic N) is 1. The summed E-state index contributed by atoms with van der Waals surface area (Å²) in [5.41, 5.74) is 11.5. The average Bonchev–Trinajstić information content (AvgIpc) is 3.56. The normalized spacial score (nSPS) is 12.1. The highest BCUT2D eigenvalue weighted by Crippen LogP contribution is 2.41. The number of hydrogen-bond acceptors (Lipinski definition) is 4.